The second-order valence-corrected chi connectivity index (χ2v) is 13.1. The highest BCUT2D eigenvalue weighted by Gasteiger charge is 2.38. The van der Waals surface area contributed by atoms with E-state index in [1.165, 1.54) is 60.1 Å². The number of benzene rings is 7. The first kappa shape index (κ1) is 27.2. The molecule has 0 atom stereocenters. The summed E-state index contributed by atoms with van der Waals surface area (Å²) in [6, 6.07) is 48.4. The summed E-state index contributed by atoms with van der Waals surface area (Å²) in [5, 5.41) is 17.2. The van der Waals surface area contributed by atoms with Gasteiger partial charge in [0.25, 0.3) is 0 Å². The van der Waals surface area contributed by atoms with Crippen LogP contribution in [0.5, 0.6) is 0 Å². The van der Waals surface area contributed by atoms with Crippen LogP contribution in [-0.2, 0) is 5.41 Å². The highest BCUT2D eigenvalue weighted by atomic mass is 15.1. The van der Waals surface area contributed by atoms with E-state index in [1.54, 1.807) is 0 Å². The lowest BCUT2D eigenvalue weighted by atomic mass is 9.79. The molecule has 2 heteroatoms. The van der Waals surface area contributed by atoms with Crippen LogP contribution in [0.15, 0.2) is 127 Å². The zero-order valence-electron chi connectivity index (χ0n) is 26.1. The number of rotatable bonds is 4. The lowest BCUT2D eigenvalue weighted by Gasteiger charge is -2.27. The fraction of sp³-hybridized carbons (Fsp3) is 0.140. The molecule has 216 valence electrons. The molecule has 0 unspecified atom stereocenters. The van der Waals surface area contributed by atoms with Crippen LogP contribution >= 0.6 is 0 Å². The normalized spacial score (nSPS) is 13.2. The Hall–Kier alpha value is -5.39. The molecule has 1 aliphatic carbocycles. The van der Waals surface area contributed by atoms with Crippen molar-refractivity contribution in [2.45, 2.75) is 39.0 Å². The number of nitriles is 1. The molecule has 0 saturated heterocycles. The second kappa shape index (κ2) is 10.1. The molecule has 0 aliphatic heterocycles. The highest BCUT2D eigenvalue weighted by Crippen LogP contribution is 2.55. The van der Waals surface area contributed by atoms with Crippen molar-refractivity contribution in [3.05, 3.63) is 150 Å². The Morgan fingerprint density at radius 1 is 0.600 bits per heavy atom. The van der Waals surface area contributed by atoms with Crippen LogP contribution in [0.3, 0.4) is 0 Å². The monoisotopic (exact) mass is 578 g/mol. The van der Waals surface area contributed by atoms with Crippen LogP contribution < -0.4 is 4.90 Å². The van der Waals surface area contributed by atoms with Gasteiger partial charge in [0.2, 0.25) is 0 Å². The first-order valence-corrected chi connectivity index (χ1v) is 15.8. The Morgan fingerprint density at radius 2 is 1.18 bits per heavy atom. The summed E-state index contributed by atoms with van der Waals surface area (Å²) in [6.45, 7) is 9.21. The van der Waals surface area contributed by atoms with Gasteiger partial charge in [0.15, 0.2) is 0 Å². The van der Waals surface area contributed by atoms with E-state index in [0.29, 0.717) is 11.5 Å². The van der Waals surface area contributed by atoms with Gasteiger partial charge in [-0.3, -0.25) is 0 Å². The number of hydrogen-bond acceptors (Lipinski definition) is 2. The lowest BCUT2D eigenvalue weighted by molar-refractivity contribution is 0.667. The van der Waals surface area contributed by atoms with Gasteiger partial charge < -0.3 is 4.90 Å². The van der Waals surface area contributed by atoms with Crippen LogP contribution in [0.4, 0.5) is 17.1 Å². The summed E-state index contributed by atoms with van der Waals surface area (Å²) in [5.41, 5.74) is 10.5. The molecule has 7 aromatic rings. The molecule has 0 N–H and O–H groups in total. The molecular weight excluding hydrogens is 544 g/mol. The smallest absolute Gasteiger partial charge is 0.0991 e. The van der Waals surface area contributed by atoms with Gasteiger partial charge in [-0.2, -0.15) is 5.26 Å². The minimum absolute atomic E-state index is 0.155. The van der Waals surface area contributed by atoms with E-state index in [9.17, 15) is 5.26 Å². The maximum atomic E-state index is 9.44. The molecule has 0 amide bonds. The SMILES string of the molecule is CC(C)c1ccc(N(c2ccc(C#N)cc2)c2ccc3cc4c(cc3c2)C(C)(C)c2c-4c3ccccc3c3ccccc23)cc1. The van der Waals surface area contributed by atoms with Gasteiger partial charge in [-0.05, 0) is 127 Å². The quantitative estimate of drug-likeness (QED) is 0.194. The average molecular weight is 579 g/mol. The molecule has 0 radical (unpaired) electrons. The predicted molar refractivity (Wildman–Crippen MR) is 190 cm³/mol. The lowest BCUT2D eigenvalue weighted by Crippen LogP contribution is -2.15. The molecule has 0 saturated carbocycles. The van der Waals surface area contributed by atoms with Crippen molar-refractivity contribution in [3.8, 4) is 17.2 Å². The predicted octanol–water partition coefficient (Wildman–Crippen LogP) is 11.9. The highest BCUT2D eigenvalue weighted by molar-refractivity contribution is 6.19. The van der Waals surface area contributed by atoms with Crippen molar-refractivity contribution in [3.63, 3.8) is 0 Å². The molecular formula is C43H34N2. The molecule has 8 rings (SSSR count). The maximum absolute atomic E-state index is 9.44. The summed E-state index contributed by atoms with van der Waals surface area (Å²) in [7, 11) is 0. The van der Waals surface area contributed by atoms with Gasteiger partial charge in [0, 0.05) is 22.5 Å². The molecule has 0 bridgehead atoms. The molecule has 2 nitrogen and oxygen atoms in total. The van der Waals surface area contributed by atoms with Crippen LogP contribution in [0, 0.1) is 11.3 Å². The summed E-state index contributed by atoms with van der Waals surface area (Å²) < 4.78 is 0. The Labute approximate surface area is 264 Å². The first-order chi connectivity index (χ1) is 21.8. The molecule has 0 aromatic heterocycles. The van der Waals surface area contributed by atoms with Gasteiger partial charge in [-0.15, -0.1) is 0 Å². The third-order valence-corrected chi connectivity index (χ3v) is 9.79. The molecule has 7 aromatic carbocycles. The molecule has 45 heavy (non-hydrogen) atoms. The van der Waals surface area contributed by atoms with E-state index < -0.39 is 0 Å². The summed E-state index contributed by atoms with van der Waals surface area (Å²) in [5.74, 6) is 0.465. The first-order valence-electron chi connectivity index (χ1n) is 15.8. The van der Waals surface area contributed by atoms with E-state index in [4.69, 9.17) is 0 Å². The van der Waals surface area contributed by atoms with Crippen molar-refractivity contribution in [2.24, 2.45) is 0 Å². The third-order valence-electron chi connectivity index (χ3n) is 9.79. The van der Waals surface area contributed by atoms with E-state index in [0.717, 1.165) is 17.1 Å². The number of anilines is 3. The summed E-state index contributed by atoms with van der Waals surface area (Å²) in [4.78, 5) is 2.29. The fourth-order valence-electron chi connectivity index (χ4n) is 7.49. The Balaban J connectivity index is 1.33. The fourth-order valence-corrected chi connectivity index (χ4v) is 7.49. The molecule has 0 spiro atoms. The minimum atomic E-state index is -0.155. The van der Waals surface area contributed by atoms with Crippen LogP contribution in [0.2, 0.25) is 0 Å². The van der Waals surface area contributed by atoms with Gasteiger partial charge in [0.1, 0.15) is 0 Å². The van der Waals surface area contributed by atoms with E-state index in [-0.39, 0.29) is 5.41 Å². The van der Waals surface area contributed by atoms with Crippen molar-refractivity contribution in [1.82, 2.24) is 0 Å². The van der Waals surface area contributed by atoms with Gasteiger partial charge >= 0.3 is 0 Å². The van der Waals surface area contributed by atoms with Gasteiger partial charge in [-0.1, -0.05) is 94.4 Å². The van der Waals surface area contributed by atoms with E-state index in [2.05, 4.69) is 142 Å². The Bertz CT molecular complexity index is 2320. The summed E-state index contributed by atoms with van der Waals surface area (Å²) >= 11 is 0. The largest absolute Gasteiger partial charge is 0.310 e. The molecule has 0 fully saturated rings. The van der Waals surface area contributed by atoms with Gasteiger partial charge in [0.05, 0.1) is 11.6 Å². The van der Waals surface area contributed by atoms with Crippen LogP contribution in [0.1, 0.15) is 55.9 Å². The van der Waals surface area contributed by atoms with Crippen LogP contribution in [-0.4, -0.2) is 0 Å². The minimum Gasteiger partial charge on any atom is -0.310 e. The van der Waals surface area contributed by atoms with Crippen molar-refractivity contribution < 1.29 is 0 Å². The van der Waals surface area contributed by atoms with Crippen LogP contribution in [0.25, 0.3) is 43.4 Å². The molecule has 1 aliphatic rings. The second-order valence-electron chi connectivity index (χ2n) is 13.1. The topological polar surface area (TPSA) is 27.0 Å². The average Bonchev–Trinajstić information content (AvgIpc) is 3.30. The Morgan fingerprint density at radius 3 is 1.82 bits per heavy atom. The standard InChI is InChI=1S/C43H34N2/c1-27(2)29-15-20-33(21-16-29)45(32-18-13-28(26-44)14-19-32)34-22-17-30-24-39-40(25-31(30)23-34)43(3,4)42-38-12-8-6-10-36(38)35-9-5-7-11-37(35)41(39)42/h5-25,27H,1-4H3. The molecule has 0 heterocycles. The number of fused-ring (bicyclic) bond motifs is 9. The van der Waals surface area contributed by atoms with Crippen molar-refractivity contribution in [1.29, 1.82) is 5.26 Å². The number of hydrogen-bond donors (Lipinski definition) is 0. The third kappa shape index (κ3) is 4.15. The summed E-state index contributed by atoms with van der Waals surface area (Å²) in [6.07, 6.45) is 0. The van der Waals surface area contributed by atoms with Crippen molar-refractivity contribution >= 4 is 49.4 Å². The van der Waals surface area contributed by atoms with Crippen molar-refractivity contribution in [2.75, 3.05) is 4.90 Å². The number of nitrogens with zero attached hydrogens (tertiary/aromatic N) is 2. The van der Waals surface area contributed by atoms with E-state index >= 15 is 0 Å². The zero-order chi connectivity index (χ0) is 30.9. The van der Waals surface area contributed by atoms with Gasteiger partial charge in [-0.25, -0.2) is 0 Å². The maximum Gasteiger partial charge on any atom is 0.0991 e. The van der Waals surface area contributed by atoms with E-state index in [1.807, 2.05) is 24.3 Å². The zero-order valence-corrected chi connectivity index (χ0v) is 26.1. The Kier molecular flexibility index (Phi) is 6.09.